The molecule has 0 saturated heterocycles. The van der Waals surface area contributed by atoms with Crippen LogP contribution in [0.5, 0.6) is 0 Å². The lowest BCUT2D eigenvalue weighted by Gasteiger charge is -2.20. The third-order valence-electron chi connectivity index (χ3n) is 9.48. The van der Waals surface area contributed by atoms with Crippen molar-refractivity contribution < 1.29 is 47.5 Å². The van der Waals surface area contributed by atoms with E-state index in [1.54, 1.807) is 0 Å². The summed E-state index contributed by atoms with van der Waals surface area (Å²) in [6, 6.07) is -1.54. The molecule has 3 atom stereocenters. The van der Waals surface area contributed by atoms with Gasteiger partial charge in [-0.25, -0.2) is 4.57 Å². The maximum Gasteiger partial charge on any atom is 0.472 e. The fraction of sp³-hybridized carbons (Fsp3) is 0.688. The Balaban J connectivity index is 4.45. The largest absolute Gasteiger partial charge is 0.480 e. The summed E-state index contributed by atoms with van der Waals surface area (Å²) in [6.45, 7) is 2.62. The third-order valence-corrected chi connectivity index (χ3v) is 10.4. The van der Waals surface area contributed by atoms with E-state index >= 15 is 0 Å². The molecule has 0 aliphatic rings. The number of phosphoric ester groups is 1. The average molecular weight is 864 g/mol. The number of nitrogens with two attached hydrogens (primary N) is 1. The van der Waals surface area contributed by atoms with Crippen molar-refractivity contribution in [2.24, 2.45) is 5.73 Å². The average Bonchev–Trinajstić information content (AvgIpc) is 3.22. The predicted molar refractivity (Wildman–Crippen MR) is 244 cm³/mol. The highest BCUT2D eigenvalue weighted by atomic mass is 31.2. The second-order valence-electron chi connectivity index (χ2n) is 15.2. The number of hydrogen-bond acceptors (Lipinski definition) is 9. The summed E-state index contributed by atoms with van der Waals surface area (Å²) >= 11 is 0. The molecule has 0 aromatic rings. The number of unbranched alkanes of at least 4 members (excludes halogenated alkanes) is 16. The molecule has 0 rings (SSSR count). The van der Waals surface area contributed by atoms with Crippen molar-refractivity contribution in [1.29, 1.82) is 0 Å². The van der Waals surface area contributed by atoms with Crippen molar-refractivity contribution in [2.45, 2.75) is 193 Å². The van der Waals surface area contributed by atoms with Crippen molar-refractivity contribution in [3.8, 4) is 0 Å². The van der Waals surface area contributed by atoms with Crippen LogP contribution in [0.2, 0.25) is 0 Å². The van der Waals surface area contributed by atoms with Crippen molar-refractivity contribution in [3.05, 3.63) is 72.9 Å². The van der Waals surface area contributed by atoms with Crippen LogP contribution in [-0.4, -0.2) is 59.9 Å². The Labute approximate surface area is 363 Å². The molecule has 0 fully saturated rings. The number of rotatable bonds is 42. The molecule has 0 aromatic carbocycles. The van der Waals surface area contributed by atoms with E-state index in [0.29, 0.717) is 19.3 Å². The molecule has 60 heavy (non-hydrogen) atoms. The van der Waals surface area contributed by atoms with Gasteiger partial charge in [-0.2, -0.15) is 0 Å². The Morgan fingerprint density at radius 3 is 1.37 bits per heavy atom. The number of carbonyl (C=O) groups is 3. The Bertz CT molecular complexity index is 1290. The zero-order valence-electron chi connectivity index (χ0n) is 37.3. The standard InChI is InChI=1S/C48H82NO10P/c1-3-5-7-9-11-13-15-17-19-21-22-24-26-28-30-32-34-36-38-40-47(51)59-44(42-57-60(54,55)58-43-45(49)48(52)53)41-56-46(50)39-37-35-33-31-29-27-25-23-20-18-16-14-12-10-8-6-4-2/h5,7,11,13,17,19,22,24,28,30,34,36,44-45H,3-4,6,8-10,12,14-16,18,20-21,23,25-27,29,31-33,35,37-43,49H2,1-2H3,(H,52,53)(H,54,55)/b7-5-,13-11-,19-17-,24-22-,30-28-,36-34-. The van der Waals surface area contributed by atoms with Gasteiger partial charge >= 0.3 is 25.7 Å². The summed E-state index contributed by atoms with van der Waals surface area (Å²) in [5, 5.41) is 8.90. The molecule has 344 valence electrons. The van der Waals surface area contributed by atoms with Crippen LogP contribution in [0.25, 0.3) is 0 Å². The van der Waals surface area contributed by atoms with Crippen LogP contribution < -0.4 is 5.73 Å². The minimum absolute atomic E-state index is 0.0343. The minimum atomic E-state index is -4.74. The molecule has 4 N–H and O–H groups in total. The van der Waals surface area contributed by atoms with Gasteiger partial charge in [-0.05, 0) is 51.4 Å². The first-order chi connectivity index (χ1) is 29.1. The number of carbonyl (C=O) groups excluding carboxylic acids is 2. The molecule has 0 spiro atoms. The van der Waals surface area contributed by atoms with Gasteiger partial charge in [0.1, 0.15) is 12.6 Å². The molecule has 3 unspecified atom stereocenters. The number of phosphoric acid groups is 1. The van der Waals surface area contributed by atoms with E-state index in [1.807, 2.05) is 18.2 Å². The summed E-state index contributed by atoms with van der Waals surface area (Å²) in [4.78, 5) is 46.0. The molecule has 12 heteroatoms. The molecule has 0 heterocycles. The highest BCUT2D eigenvalue weighted by Crippen LogP contribution is 2.43. The van der Waals surface area contributed by atoms with E-state index < -0.39 is 51.1 Å². The Morgan fingerprint density at radius 2 is 0.933 bits per heavy atom. The fourth-order valence-electron chi connectivity index (χ4n) is 5.91. The quantitative estimate of drug-likeness (QED) is 0.0231. The summed E-state index contributed by atoms with van der Waals surface area (Å²) < 4.78 is 32.7. The fourth-order valence-corrected chi connectivity index (χ4v) is 6.69. The van der Waals surface area contributed by atoms with Crippen LogP contribution in [0.1, 0.15) is 181 Å². The van der Waals surface area contributed by atoms with Gasteiger partial charge in [-0.3, -0.25) is 23.4 Å². The first-order valence-electron chi connectivity index (χ1n) is 23.0. The van der Waals surface area contributed by atoms with E-state index in [0.717, 1.165) is 51.4 Å². The SMILES string of the molecule is CC/C=C\C/C=C\C/C=C\C/C=C\C/C=C\C/C=C\CCC(=O)OC(COC(=O)CCCCCCCCCCCCCCCCCCC)COP(=O)(O)OCC(N)C(=O)O. The molecule has 11 nitrogen and oxygen atoms in total. The molecular weight excluding hydrogens is 781 g/mol. The van der Waals surface area contributed by atoms with Crippen LogP contribution >= 0.6 is 7.82 Å². The molecule has 0 aliphatic carbocycles. The second kappa shape index (κ2) is 42.6. The van der Waals surface area contributed by atoms with Crippen LogP contribution in [0.15, 0.2) is 72.9 Å². The molecule has 0 aromatic heterocycles. The maximum atomic E-state index is 12.6. The summed E-state index contributed by atoms with van der Waals surface area (Å²) in [7, 11) is -4.74. The van der Waals surface area contributed by atoms with Gasteiger partial charge in [0, 0.05) is 12.8 Å². The number of carboxylic acid groups (broad SMARTS) is 1. The Kier molecular flexibility index (Phi) is 40.4. The smallest absolute Gasteiger partial charge is 0.472 e. The van der Waals surface area contributed by atoms with Crippen molar-refractivity contribution >= 4 is 25.7 Å². The zero-order chi connectivity index (χ0) is 44.2. The molecule has 0 radical (unpaired) electrons. The first-order valence-corrected chi connectivity index (χ1v) is 24.5. The zero-order valence-corrected chi connectivity index (χ0v) is 38.2. The summed E-state index contributed by atoms with van der Waals surface area (Å²) in [5.74, 6) is -2.49. The highest BCUT2D eigenvalue weighted by molar-refractivity contribution is 7.47. The third kappa shape index (κ3) is 41.6. The lowest BCUT2D eigenvalue weighted by Crippen LogP contribution is -2.34. The van der Waals surface area contributed by atoms with E-state index in [-0.39, 0.29) is 19.4 Å². The molecule has 0 saturated carbocycles. The second-order valence-corrected chi connectivity index (χ2v) is 16.6. The monoisotopic (exact) mass is 864 g/mol. The van der Waals surface area contributed by atoms with Crippen LogP contribution in [-0.2, 0) is 37.5 Å². The lowest BCUT2D eigenvalue weighted by atomic mass is 10.0. The van der Waals surface area contributed by atoms with Gasteiger partial charge in [0.05, 0.1) is 13.2 Å². The van der Waals surface area contributed by atoms with E-state index in [9.17, 15) is 23.8 Å². The van der Waals surface area contributed by atoms with Crippen molar-refractivity contribution in [2.75, 3.05) is 19.8 Å². The Hall–Kier alpha value is -3.08. The van der Waals surface area contributed by atoms with Gasteiger partial charge in [0.25, 0.3) is 0 Å². The highest BCUT2D eigenvalue weighted by Gasteiger charge is 2.28. The van der Waals surface area contributed by atoms with Crippen LogP contribution in [0, 0.1) is 0 Å². The number of ether oxygens (including phenoxy) is 2. The Morgan fingerprint density at radius 1 is 0.533 bits per heavy atom. The molecular formula is C48H82NO10P. The number of carboxylic acids is 1. The molecule has 0 bridgehead atoms. The summed E-state index contributed by atoms with van der Waals surface area (Å²) in [5.41, 5.74) is 5.33. The van der Waals surface area contributed by atoms with Gasteiger partial charge in [0.2, 0.25) is 0 Å². The topological polar surface area (TPSA) is 172 Å². The van der Waals surface area contributed by atoms with Crippen LogP contribution in [0.4, 0.5) is 0 Å². The predicted octanol–water partition coefficient (Wildman–Crippen LogP) is 12.5. The van der Waals surface area contributed by atoms with E-state index in [2.05, 4.69) is 73.1 Å². The van der Waals surface area contributed by atoms with Gasteiger partial charge < -0.3 is 25.2 Å². The number of allylic oxidation sites excluding steroid dienone is 12. The molecule has 0 amide bonds. The number of hydrogen-bond donors (Lipinski definition) is 3. The van der Waals surface area contributed by atoms with E-state index in [4.69, 9.17) is 24.8 Å². The normalized spacial score (nSPS) is 14.3. The van der Waals surface area contributed by atoms with Gasteiger partial charge in [-0.1, -0.05) is 189 Å². The van der Waals surface area contributed by atoms with Crippen LogP contribution in [0.3, 0.4) is 0 Å². The van der Waals surface area contributed by atoms with Gasteiger partial charge in [0.15, 0.2) is 6.10 Å². The molecule has 0 aliphatic heterocycles. The number of esters is 2. The maximum absolute atomic E-state index is 12.6. The first kappa shape index (κ1) is 56.9. The van der Waals surface area contributed by atoms with Crippen molar-refractivity contribution in [3.63, 3.8) is 0 Å². The summed E-state index contributed by atoms with van der Waals surface area (Å²) in [6.07, 6.45) is 51.2. The minimum Gasteiger partial charge on any atom is -0.480 e. The number of aliphatic carboxylic acids is 1. The van der Waals surface area contributed by atoms with Crippen molar-refractivity contribution in [1.82, 2.24) is 0 Å². The van der Waals surface area contributed by atoms with Gasteiger partial charge in [-0.15, -0.1) is 0 Å². The lowest BCUT2D eigenvalue weighted by molar-refractivity contribution is -0.161. The van der Waals surface area contributed by atoms with E-state index in [1.165, 1.54) is 83.5 Å².